The van der Waals surface area contributed by atoms with Gasteiger partial charge in [0.05, 0.1) is 0 Å². The van der Waals surface area contributed by atoms with Gasteiger partial charge in [0.25, 0.3) is 5.91 Å². The van der Waals surface area contributed by atoms with Gasteiger partial charge in [0.2, 0.25) is 0 Å². The molecule has 0 saturated carbocycles. The molecule has 0 aliphatic carbocycles. The summed E-state index contributed by atoms with van der Waals surface area (Å²) in [5, 5.41) is 12.7. The molecule has 0 fully saturated rings. The van der Waals surface area contributed by atoms with Crippen LogP contribution in [0.5, 0.6) is 0 Å². The highest BCUT2D eigenvalue weighted by Crippen LogP contribution is 2.15. The lowest BCUT2D eigenvalue weighted by Crippen LogP contribution is -2.13. The van der Waals surface area contributed by atoms with E-state index in [0.29, 0.717) is 0 Å². The van der Waals surface area contributed by atoms with Crippen LogP contribution in [0.1, 0.15) is 21.0 Å². The predicted octanol–water partition coefficient (Wildman–Crippen LogP) is 1.49. The summed E-state index contributed by atoms with van der Waals surface area (Å²) in [5.74, 6) is -1.54. The van der Waals surface area contributed by atoms with E-state index in [0.717, 1.165) is 11.3 Å². The van der Waals surface area contributed by atoms with E-state index in [-0.39, 0.29) is 16.5 Å². The number of thiazole rings is 1. The van der Waals surface area contributed by atoms with E-state index < -0.39 is 11.9 Å². The number of nitrogens with one attached hydrogen (secondary N) is 1. The first-order valence-electron chi connectivity index (χ1n) is 4.58. The van der Waals surface area contributed by atoms with Crippen LogP contribution in [0.4, 0.5) is 5.13 Å². The molecule has 0 atom stereocenters. The molecule has 86 valence electrons. The van der Waals surface area contributed by atoms with Gasteiger partial charge in [-0.3, -0.25) is 15.1 Å². The number of hydrogen-bond donors (Lipinski definition) is 2. The van der Waals surface area contributed by atoms with Crippen LogP contribution in [0.3, 0.4) is 0 Å². The second kappa shape index (κ2) is 4.71. The monoisotopic (exact) mass is 249 g/mol. The number of carboxylic acids is 1. The highest BCUT2D eigenvalue weighted by molar-refractivity contribution is 7.14. The summed E-state index contributed by atoms with van der Waals surface area (Å²) >= 11 is 1.05. The van der Waals surface area contributed by atoms with Crippen LogP contribution >= 0.6 is 11.3 Å². The summed E-state index contributed by atoms with van der Waals surface area (Å²) in [4.78, 5) is 29.8. The van der Waals surface area contributed by atoms with Gasteiger partial charge >= 0.3 is 5.97 Å². The molecule has 0 aromatic carbocycles. The molecular weight excluding hydrogens is 242 g/mol. The molecule has 0 spiro atoms. The van der Waals surface area contributed by atoms with E-state index in [9.17, 15) is 9.59 Å². The van der Waals surface area contributed by atoms with Gasteiger partial charge in [0.15, 0.2) is 10.8 Å². The van der Waals surface area contributed by atoms with Crippen LogP contribution in [0.2, 0.25) is 0 Å². The summed E-state index contributed by atoms with van der Waals surface area (Å²) in [7, 11) is 0. The van der Waals surface area contributed by atoms with E-state index in [2.05, 4.69) is 15.3 Å². The molecule has 2 rings (SSSR count). The maximum absolute atomic E-state index is 11.6. The number of amides is 1. The Labute approximate surface area is 100.0 Å². The third-order valence-corrected chi connectivity index (χ3v) is 2.60. The molecular formula is C10H7N3O3S. The zero-order valence-corrected chi connectivity index (χ0v) is 9.27. The Balaban J connectivity index is 2.11. The second-order valence-corrected chi connectivity index (χ2v) is 3.87. The topological polar surface area (TPSA) is 92.2 Å². The van der Waals surface area contributed by atoms with Gasteiger partial charge in [-0.25, -0.2) is 9.78 Å². The lowest BCUT2D eigenvalue weighted by molar-refractivity contribution is 0.0691. The smallest absolute Gasteiger partial charge is 0.355 e. The molecule has 2 N–H and O–H groups in total. The molecule has 0 unspecified atom stereocenters. The van der Waals surface area contributed by atoms with Crippen LogP contribution in [0.15, 0.2) is 29.8 Å². The fourth-order valence-electron chi connectivity index (χ4n) is 1.09. The van der Waals surface area contributed by atoms with Crippen LogP contribution in [-0.4, -0.2) is 27.0 Å². The fourth-order valence-corrected chi connectivity index (χ4v) is 1.77. The fraction of sp³-hybridized carbons (Fsp3) is 0. The molecule has 7 heteroatoms. The van der Waals surface area contributed by atoms with Crippen molar-refractivity contribution < 1.29 is 14.7 Å². The maximum Gasteiger partial charge on any atom is 0.355 e. The molecule has 2 heterocycles. The Bertz CT molecular complexity index is 553. The minimum atomic E-state index is -1.13. The molecule has 17 heavy (non-hydrogen) atoms. The normalized spacial score (nSPS) is 9.88. The summed E-state index contributed by atoms with van der Waals surface area (Å²) in [6, 6.07) is 4.94. The zero-order chi connectivity index (χ0) is 12.3. The zero-order valence-electron chi connectivity index (χ0n) is 8.45. The number of carbonyl (C=O) groups excluding carboxylic acids is 1. The third-order valence-electron chi connectivity index (χ3n) is 1.84. The third kappa shape index (κ3) is 2.64. The van der Waals surface area contributed by atoms with Crippen LogP contribution in [0.25, 0.3) is 0 Å². The van der Waals surface area contributed by atoms with Crippen LogP contribution in [-0.2, 0) is 0 Å². The minimum absolute atomic E-state index is 0.0914. The maximum atomic E-state index is 11.6. The standard InChI is InChI=1S/C10H7N3O3S/c14-8(6-3-1-2-4-11-6)13-10-12-7(5-17-10)9(15)16/h1-5H,(H,15,16)(H,12,13,14). The number of rotatable bonds is 3. The first kappa shape index (κ1) is 11.2. The van der Waals surface area contributed by atoms with Crippen molar-refractivity contribution in [2.75, 3.05) is 5.32 Å². The highest BCUT2D eigenvalue weighted by atomic mass is 32.1. The Kier molecular flexibility index (Phi) is 3.10. The largest absolute Gasteiger partial charge is 0.476 e. The average Bonchev–Trinajstić information content (AvgIpc) is 2.79. The van der Waals surface area contributed by atoms with E-state index in [1.54, 1.807) is 18.2 Å². The van der Waals surface area contributed by atoms with Crippen molar-refractivity contribution in [2.24, 2.45) is 0 Å². The Morgan fingerprint density at radius 3 is 2.71 bits per heavy atom. The van der Waals surface area contributed by atoms with E-state index in [4.69, 9.17) is 5.11 Å². The summed E-state index contributed by atoms with van der Waals surface area (Å²) in [6.45, 7) is 0. The lowest BCUT2D eigenvalue weighted by Gasteiger charge is -1.99. The number of anilines is 1. The summed E-state index contributed by atoms with van der Waals surface area (Å²) in [5.41, 5.74) is 0.158. The molecule has 0 aliphatic heterocycles. The van der Waals surface area contributed by atoms with Crippen molar-refractivity contribution in [1.29, 1.82) is 0 Å². The van der Waals surface area contributed by atoms with Crippen molar-refractivity contribution in [3.8, 4) is 0 Å². The molecule has 2 aromatic heterocycles. The molecule has 0 aliphatic rings. The Hall–Kier alpha value is -2.28. The average molecular weight is 249 g/mol. The number of hydrogen-bond acceptors (Lipinski definition) is 5. The molecule has 0 bridgehead atoms. The number of aromatic carboxylic acids is 1. The Morgan fingerprint density at radius 1 is 1.29 bits per heavy atom. The quantitative estimate of drug-likeness (QED) is 0.859. The van der Waals surface area contributed by atoms with Gasteiger partial charge in [-0.15, -0.1) is 11.3 Å². The van der Waals surface area contributed by atoms with Gasteiger partial charge in [-0.1, -0.05) is 6.07 Å². The van der Waals surface area contributed by atoms with Gasteiger partial charge in [-0.2, -0.15) is 0 Å². The molecule has 0 radical (unpaired) electrons. The molecule has 6 nitrogen and oxygen atoms in total. The number of carboxylic acid groups (broad SMARTS) is 1. The summed E-state index contributed by atoms with van der Waals surface area (Å²) in [6.07, 6.45) is 1.50. The molecule has 1 amide bonds. The lowest BCUT2D eigenvalue weighted by atomic mass is 10.3. The van der Waals surface area contributed by atoms with Crippen molar-refractivity contribution in [3.63, 3.8) is 0 Å². The molecule has 2 aromatic rings. The van der Waals surface area contributed by atoms with E-state index >= 15 is 0 Å². The predicted molar refractivity (Wildman–Crippen MR) is 61.3 cm³/mol. The van der Waals surface area contributed by atoms with Crippen molar-refractivity contribution in [2.45, 2.75) is 0 Å². The Morgan fingerprint density at radius 2 is 2.12 bits per heavy atom. The van der Waals surface area contributed by atoms with Gasteiger partial charge in [-0.05, 0) is 12.1 Å². The van der Waals surface area contributed by atoms with Crippen LogP contribution in [0, 0.1) is 0 Å². The van der Waals surface area contributed by atoms with Crippen molar-refractivity contribution >= 4 is 28.3 Å². The number of nitrogens with zero attached hydrogens (tertiary/aromatic N) is 2. The van der Waals surface area contributed by atoms with E-state index in [1.165, 1.54) is 11.6 Å². The van der Waals surface area contributed by atoms with Gasteiger partial charge < -0.3 is 5.11 Å². The van der Waals surface area contributed by atoms with Crippen LogP contribution < -0.4 is 5.32 Å². The SMILES string of the molecule is O=C(O)c1csc(NC(=O)c2ccccn2)n1. The number of aromatic nitrogens is 2. The first-order chi connectivity index (χ1) is 8.16. The summed E-state index contributed by atoms with van der Waals surface area (Å²) < 4.78 is 0. The highest BCUT2D eigenvalue weighted by Gasteiger charge is 2.12. The van der Waals surface area contributed by atoms with Gasteiger partial charge in [0.1, 0.15) is 5.69 Å². The van der Waals surface area contributed by atoms with Crippen molar-refractivity contribution in [3.05, 3.63) is 41.2 Å². The first-order valence-corrected chi connectivity index (χ1v) is 5.46. The van der Waals surface area contributed by atoms with Crippen molar-refractivity contribution in [1.82, 2.24) is 9.97 Å². The second-order valence-electron chi connectivity index (χ2n) is 3.01. The van der Waals surface area contributed by atoms with E-state index in [1.807, 2.05) is 0 Å². The number of carbonyl (C=O) groups is 2. The number of pyridine rings is 1. The van der Waals surface area contributed by atoms with Gasteiger partial charge in [0, 0.05) is 11.6 Å². The minimum Gasteiger partial charge on any atom is -0.476 e. The molecule has 0 saturated heterocycles.